The van der Waals surface area contributed by atoms with Crippen LogP contribution < -0.4 is 20.7 Å². The number of nitrogens with zero attached hydrogens (tertiary/aromatic N) is 5. The molecule has 0 radical (unpaired) electrons. The van der Waals surface area contributed by atoms with Crippen LogP contribution in [-0.2, 0) is 15.8 Å². The monoisotopic (exact) mass is 477 g/mol. The third-order valence-electron chi connectivity index (χ3n) is 5.44. The van der Waals surface area contributed by atoms with Crippen LogP contribution in [0.4, 0.5) is 24.7 Å². The summed E-state index contributed by atoms with van der Waals surface area (Å²) in [4.78, 5) is 25.5. The molecule has 4 rings (SSSR count). The third-order valence-corrected chi connectivity index (χ3v) is 5.44. The molecule has 2 amide bonds. The fourth-order valence-corrected chi connectivity index (χ4v) is 3.69. The number of hydrogen-bond acceptors (Lipinski definition) is 7. The number of rotatable bonds is 7. The number of fused-ring (bicyclic) bond motifs is 1. The molecule has 3 heterocycles. The Morgan fingerprint density at radius 2 is 1.85 bits per heavy atom. The highest BCUT2D eigenvalue weighted by Crippen LogP contribution is 2.30. The molecular weight excluding hydrogens is 455 g/mol. The number of aromatic nitrogens is 4. The van der Waals surface area contributed by atoms with Crippen molar-refractivity contribution in [3.8, 4) is 5.75 Å². The Morgan fingerprint density at radius 1 is 1.12 bits per heavy atom. The van der Waals surface area contributed by atoms with Gasteiger partial charge in [-0.2, -0.15) is 17.7 Å². The summed E-state index contributed by atoms with van der Waals surface area (Å²) in [6, 6.07) is 9.89. The largest absolute Gasteiger partial charge is 0.491 e. The molecule has 1 aliphatic heterocycles. The normalized spacial score (nSPS) is 14.9. The van der Waals surface area contributed by atoms with E-state index >= 15 is 0 Å². The Balaban J connectivity index is 1.38. The molecule has 13 heteroatoms. The number of nitrogens with one attached hydrogen (secondary N) is 1. The Bertz CT molecular complexity index is 1190. The summed E-state index contributed by atoms with van der Waals surface area (Å²) in [6.07, 6.45) is -3.63. The standard InChI is InChI=1S/C21H22F3N7O3/c22-21(23,24)20-28-27-17-5-6-18(29-31(17)20)30-10-7-13(8-11-30)19(33)26-14-3-1-2-4-15(14)34-12-9-16(25)32/h1-6,13H,7-12H2,(H2,25,32)(H,26,33). The highest BCUT2D eigenvalue weighted by Gasteiger charge is 2.38. The maximum absolute atomic E-state index is 13.1. The minimum atomic E-state index is -4.67. The zero-order valence-corrected chi connectivity index (χ0v) is 18.0. The molecule has 0 bridgehead atoms. The number of alkyl halides is 3. The van der Waals surface area contributed by atoms with Crippen LogP contribution in [0, 0.1) is 5.92 Å². The Kier molecular flexibility index (Phi) is 6.52. The number of anilines is 2. The van der Waals surface area contributed by atoms with Crippen LogP contribution in [0.3, 0.4) is 0 Å². The van der Waals surface area contributed by atoms with E-state index in [0.717, 1.165) is 0 Å². The van der Waals surface area contributed by atoms with E-state index in [1.807, 2.05) is 4.90 Å². The first-order valence-electron chi connectivity index (χ1n) is 10.6. The third kappa shape index (κ3) is 5.18. The smallest absolute Gasteiger partial charge is 0.453 e. The SMILES string of the molecule is NC(=O)CCOc1ccccc1NC(=O)C1CCN(c2ccc3nnc(C(F)(F)F)n3n2)CC1. The molecule has 0 aliphatic carbocycles. The maximum atomic E-state index is 13.1. The van der Waals surface area contributed by atoms with Gasteiger partial charge >= 0.3 is 6.18 Å². The van der Waals surface area contributed by atoms with Gasteiger partial charge in [0.1, 0.15) is 11.6 Å². The van der Waals surface area contributed by atoms with Gasteiger partial charge in [0.05, 0.1) is 18.7 Å². The van der Waals surface area contributed by atoms with E-state index in [-0.39, 0.29) is 30.5 Å². The van der Waals surface area contributed by atoms with Crippen LogP contribution in [0.2, 0.25) is 0 Å². The number of para-hydroxylation sites is 2. The van der Waals surface area contributed by atoms with Gasteiger partial charge in [-0.15, -0.1) is 15.3 Å². The van der Waals surface area contributed by atoms with Gasteiger partial charge in [-0.1, -0.05) is 12.1 Å². The second-order valence-corrected chi connectivity index (χ2v) is 7.79. The van der Waals surface area contributed by atoms with Gasteiger partial charge in [-0.25, -0.2) is 0 Å². The molecule has 1 saturated heterocycles. The van der Waals surface area contributed by atoms with Gasteiger partial charge in [0.15, 0.2) is 5.65 Å². The van der Waals surface area contributed by atoms with E-state index in [4.69, 9.17) is 10.5 Å². The average Bonchev–Trinajstić information content (AvgIpc) is 3.24. The van der Waals surface area contributed by atoms with E-state index in [0.29, 0.717) is 47.7 Å². The summed E-state index contributed by atoms with van der Waals surface area (Å²) in [5.41, 5.74) is 5.61. The molecular formula is C21H22F3N7O3. The van der Waals surface area contributed by atoms with Crippen molar-refractivity contribution in [3.05, 3.63) is 42.2 Å². The minimum absolute atomic E-state index is 0.00190. The molecule has 1 aromatic carbocycles. The fraction of sp³-hybridized carbons (Fsp3) is 0.381. The summed E-state index contributed by atoms with van der Waals surface area (Å²) in [7, 11) is 0. The highest BCUT2D eigenvalue weighted by molar-refractivity contribution is 5.94. The van der Waals surface area contributed by atoms with Crippen molar-refractivity contribution in [3.63, 3.8) is 0 Å². The number of piperidine rings is 1. The van der Waals surface area contributed by atoms with Crippen LogP contribution in [-0.4, -0.2) is 51.3 Å². The zero-order chi connectivity index (χ0) is 24.3. The first-order valence-corrected chi connectivity index (χ1v) is 10.6. The second kappa shape index (κ2) is 9.53. The van der Waals surface area contributed by atoms with E-state index in [9.17, 15) is 22.8 Å². The van der Waals surface area contributed by atoms with Gasteiger partial charge in [-0.05, 0) is 37.1 Å². The van der Waals surface area contributed by atoms with Crippen molar-refractivity contribution in [2.24, 2.45) is 11.7 Å². The highest BCUT2D eigenvalue weighted by atomic mass is 19.4. The van der Waals surface area contributed by atoms with Gasteiger partial charge in [-0.3, -0.25) is 9.59 Å². The summed E-state index contributed by atoms with van der Waals surface area (Å²) in [5, 5.41) is 13.6. The van der Waals surface area contributed by atoms with Crippen molar-refractivity contribution in [1.82, 2.24) is 19.8 Å². The van der Waals surface area contributed by atoms with E-state index in [1.54, 1.807) is 30.3 Å². The number of carbonyl (C=O) groups excluding carboxylic acids is 2. The molecule has 3 aromatic rings. The Labute approximate surface area is 191 Å². The van der Waals surface area contributed by atoms with Crippen molar-refractivity contribution in [2.45, 2.75) is 25.4 Å². The number of nitrogens with two attached hydrogens (primary N) is 1. The predicted octanol–water partition coefficient (Wildman–Crippen LogP) is 2.25. The molecule has 0 spiro atoms. The molecule has 180 valence electrons. The number of ether oxygens (including phenoxy) is 1. The summed E-state index contributed by atoms with van der Waals surface area (Å²) in [5.74, 6) is -1.37. The van der Waals surface area contributed by atoms with Crippen LogP contribution in [0.25, 0.3) is 5.65 Å². The summed E-state index contributed by atoms with van der Waals surface area (Å²) < 4.78 is 45.6. The zero-order valence-electron chi connectivity index (χ0n) is 18.0. The van der Waals surface area contributed by atoms with Gasteiger partial charge in [0.25, 0.3) is 5.82 Å². The lowest BCUT2D eigenvalue weighted by molar-refractivity contribution is -0.146. The maximum Gasteiger partial charge on any atom is 0.453 e. The predicted molar refractivity (Wildman–Crippen MR) is 115 cm³/mol. The molecule has 2 aromatic heterocycles. The second-order valence-electron chi connectivity index (χ2n) is 7.79. The molecule has 0 unspecified atom stereocenters. The Hall–Kier alpha value is -3.90. The Morgan fingerprint density at radius 3 is 2.56 bits per heavy atom. The average molecular weight is 477 g/mol. The molecule has 1 aliphatic rings. The van der Waals surface area contributed by atoms with Crippen molar-refractivity contribution in [2.75, 3.05) is 29.9 Å². The summed E-state index contributed by atoms with van der Waals surface area (Å²) in [6.45, 7) is 0.980. The molecule has 3 N–H and O–H groups in total. The molecule has 34 heavy (non-hydrogen) atoms. The van der Waals surface area contributed by atoms with Crippen LogP contribution in [0.5, 0.6) is 5.75 Å². The first-order chi connectivity index (χ1) is 16.2. The van der Waals surface area contributed by atoms with E-state index < -0.39 is 17.9 Å². The van der Waals surface area contributed by atoms with E-state index in [2.05, 4.69) is 20.6 Å². The lowest BCUT2D eigenvalue weighted by Crippen LogP contribution is -2.38. The first kappa shape index (κ1) is 23.3. The number of benzene rings is 1. The van der Waals surface area contributed by atoms with Crippen LogP contribution in [0.1, 0.15) is 25.1 Å². The fourth-order valence-electron chi connectivity index (χ4n) is 3.69. The van der Waals surface area contributed by atoms with Gasteiger partial charge in [0.2, 0.25) is 11.8 Å². The lowest BCUT2D eigenvalue weighted by atomic mass is 9.95. The van der Waals surface area contributed by atoms with Crippen molar-refractivity contribution >= 4 is 29.0 Å². The minimum Gasteiger partial charge on any atom is -0.491 e. The van der Waals surface area contributed by atoms with E-state index in [1.165, 1.54) is 6.07 Å². The van der Waals surface area contributed by atoms with Crippen LogP contribution in [0.15, 0.2) is 36.4 Å². The number of halogens is 3. The number of amides is 2. The lowest BCUT2D eigenvalue weighted by Gasteiger charge is -2.32. The molecule has 0 atom stereocenters. The van der Waals surface area contributed by atoms with Crippen molar-refractivity contribution in [1.29, 1.82) is 0 Å². The topological polar surface area (TPSA) is 128 Å². The summed E-state index contributed by atoms with van der Waals surface area (Å²) >= 11 is 0. The molecule has 0 saturated carbocycles. The van der Waals surface area contributed by atoms with Crippen LogP contribution >= 0.6 is 0 Å². The number of carbonyl (C=O) groups is 2. The number of primary amides is 1. The number of hydrogen-bond donors (Lipinski definition) is 2. The van der Waals surface area contributed by atoms with Gasteiger partial charge in [0, 0.05) is 19.0 Å². The van der Waals surface area contributed by atoms with Crippen molar-refractivity contribution < 1.29 is 27.5 Å². The molecule has 1 fully saturated rings. The van der Waals surface area contributed by atoms with Gasteiger partial charge < -0.3 is 20.7 Å². The molecule has 10 nitrogen and oxygen atoms in total. The quantitative estimate of drug-likeness (QED) is 0.534.